The molecule has 0 radical (unpaired) electrons. The number of fused-ring (bicyclic) bond motifs is 1. The summed E-state index contributed by atoms with van der Waals surface area (Å²) in [5.74, 6) is 0.450. The van der Waals surface area contributed by atoms with Crippen LogP contribution in [0, 0.1) is 13.8 Å². The Hall–Kier alpha value is -2.90. The molecule has 0 bridgehead atoms. The predicted molar refractivity (Wildman–Crippen MR) is 79.3 cm³/mol. The van der Waals surface area contributed by atoms with Crippen molar-refractivity contribution in [2.45, 2.75) is 27.3 Å². The van der Waals surface area contributed by atoms with Crippen molar-refractivity contribution in [1.82, 2.24) is 14.7 Å². The van der Waals surface area contributed by atoms with Gasteiger partial charge in [-0.25, -0.2) is 9.78 Å². The Bertz CT molecular complexity index is 934. The van der Waals surface area contributed by atoms with E-state index in [2.05, 4.69) is 10.1 Å². The average molecular weight is 317 g/mol. The van der Waals surface area contributed by atoms with Gasteiger partial charge in [-0.3, -0.25) is 9.36 Å². The summed E-state index contributed by atoms with van der Waals surface area (Å²) >= 11 is 0. The number of aromatic nitrogens is 3. The molecule has 3 aromatic heterocycles. The highest BCUT2D eigenvalue weighted by atomic mass is 16.5. The lowest BCUT2D eigenvalue weighted by molar-refractivity contribution is 0.0514. The summed E-state index contributed by atoms with van der Waals surface area (Å²) in [5, 5.41) is 4.08. The SMILES string of the molecule is CCOC(=O)c1cc(Cn2cnc3oc(C)c(C)c3c2=O)on1. The molecule has 0 aliphatic rings. The largest absolute Gasteiger partial charge is 0.461 e. The molecular formula is C15H15N3O5. The molecule has 0 aliphatic carbocycles. The molecule has 0 aromatic carbocycles. The Balaban J connectivity index is 1.93. The molecule has 0 unspecified atom stereocenters. The summed E-state index contributed by atoms with van der Waals surface area (Å²) in [6, 6.07) is 1.45. The summed E-state index contributed by atoms with van der Waals surface area (Å²) in [6.45, 7) is 5.65. The number of ether oxygens (including phenoxy) is 1. The summed E-state index contributed by atoms with van der Waals surface area (Å²) in [5.41, 5.74) is 0.903. The zero-order valence-electron chi connectivity index (χ0n) is 13.0. The minimum atomic E-state index is -0.565. The van der Waals surface area contributed by atoms with Crippen LogP contribution in [0.3, 0.4) is 0 Å². The molecule has 0 atom stereocenters. The molecule has 0 spiro atoms. The third-order valence-electron chi connectivity index (χ3n) is 3.53. The highest BCUT2D eigenvalue weighted by Gasteiger charge is 2.17. The summed E-state index contributed by atoms with van der Waals surface area (Å²) in [7, 11) is 0. The average Bonchev–Trinajstić information content (AvgIpc) is 3.09. The number of aryl methyl sites for hydroxylation is 2. The van der Waals surface area contributed by atoms with Crippen LogP contribution in [0.2, 0.25) is 0 Å². The Kier molecular flexibility index (Phi) is 3.73. The third kappa shape index (κ3) is 2.63. The molecule has 3 rings (SSSR count). The van der Waals surface area contributed by atoms with Crippen molar-refractivity contribution in [2.24, 2.45) is 0 Å². The third-order valence-corrected chi connectivity index (χ3v) is 3.53. The maximum absolute atomic E-state index is 12.5. The molecule has 23 heavy (non-hydrogen) atoms. The molecule has 0 fully saturated rings. The van der Waals surface area contributed by atoms with Crippen LogP contribution in [0.4, 0.5) is 0 Å². The minimum absolute atomic E-state index is 0.0688. The van der Waals surface area contributed by atoms with Crippen molar-refractivity contribution in [3.63, 3.8) is 0 Å². The van der Waals surface area contributed by atoms with Crippen LogP contribution in [0.1, 0.15) is 34.5 Å². The van der Waals surface area contributed by atoms with Crippen LogP contribution >= 0.6 is 0 Å². The number of hydrogen-bond acceptors (Lipinski definition) is 7. The van der Waals surface area contributed by atoms with Crippen molar-refractivity contribution in [3.05, 3.63) is 45.5 Å². The highest BCUT2D eigenvalue weighted by Crippen LogP contribution is 2.19. The maximum Gasteiger partial charge on any atom is 0.360 e. The molecule has 3 aromatic rings. The van der Waals surface area contributed by atoms with Crippen LogP contribution in [0.15, 0.2) is 26.1 Å². The number of hydrogen-bond donors (Lipinski definition) is 0. The van der Waals surface area contributed by atoms with Gasteiger partial charge in [-0.05, 0) is 20.8 Å². The maximum atomic E-state index is 12.5. The zero-order chi connectivity index (χ0) is 16.6. The fourth-order valence-corrected chi connectivity index (χ4v) is 2.24. The van der Waals surface area contributed by atoms with E-state index in [1.54, 1.807) is 13.8 Å². The van der Waals surface area contributed by atoms with E-state index in [0.29, 0.717) is 22.6 Å². The van der Waals surface area contributed by atoms with Gasteiger partial charge < -0.3 is 13.7 Å². The van der Waals surface area contributed by atoms with Crippen molar-refractivity contribution in [1.29, 1.82) is 0 Å². The molecule has 0 amide bonds. The molecule has 8 nitrogen and oxygen atoms in total. The first-order valence-electron chi connectivity index (χ1n) is 7.09. The second-order valence-electron chi connectivity index (χ2n) is 5.04. The van der Waals surface area contributed by atoms with Crippen LogP contribution in [0.25, 0.3) is 11.1 Å². The van der Waals surface area contributed by atoms with Crippen molar-refractivity contribution in [2.75, 3.05) is 6.61 Å². The zero-order valence-corrected chi connectivity index (χ0v) is 13.0. The van der Waals surface area contributed by atoms with Gasteiger partial charge in [-0.1, -0.05) is 5.16 Å². The van der Waals surface area contributed by atoms with Crippen LogP contribution < -0.4 is 5.56 Å². The molecular weight excluding hydrogens is 302 g/mol. The molecule has 120 valence electrons. The predicted octanol–water partition coefficient (Wildman–Crippen LogP) is 1.82. The molecule has 3 heterocycles. The van der Waals surface area contributed by atoms with Gasteiger partial charge in [-0.15, -0.1) is 0 Å². The number of nitrogens with zero attached hydrogens (tertiary/aromatic N) is 3. The molecule has 0 saturated carbocycles. The first-order chi connectivity index (χ1) is 11.0. The van der Waals surface area contributed by atoms with E-state index in [9.17, 15) is 9.59 Å². The van der Waals surface area contributed by atoms with Crippen molar-refractivity contribution in [3.8, 4) is 0 Å². The normalized spacial score (nSPS) is 11.1. The molecule has 0 N–H and O–H groups in total. The second kappa shape index (κ2) is 5.71. The lowest BCUT2D eigenvalue weighted by atomic mass is 10.2. The Morgan fingerprint density at radius 3 is 2.91 bits per heavy atom. The highest BCUT2D eigenvalue weighted by molar-refractivity contribution is 5.87. The number of furan rings is 1. The molecule has 8 heteroatoms. The van der Waals surface area contributed by atoms with E-state index < -0.39 is 5.97 Å². The van der Waals surface area contributed by atoms with Gasteiger partial charge in [-0.2, -0.15) is 0 Å². The number of carbonyl (C=O) groups excluding carboxylic acids is 1. The van der Waals surface area contributed by atoms with Gasteiger partial charge in [0.2, 0.25) is 5.71 Å². The lowest BCUT2D eigenvalue weighted by Gasteiger charge is -2.01. The number of esters is 1. The smallest absolute Gasteiger partial charge is 0.360 e. The topological polar surface area (TPSA) is 100 Å². The number of rotatable bonds is 4. The van der Waals surface area contributed by atoms with E-state index in [-0.39, 0.29) is 24.4 Å². The van der Waals surface area contributed by atoms with Crippen LogP contribution in [-0.2, 0) is 11.3 Å². The fraction of sp³-hybridized carbons (Fsp3) is 0.333. The quantitative estimate of drug-likeness (QED) is 0.676. The van der Waals surface area contributed by atoms with Gasteiger partial charge in [0.25, 0.3) is 5.56 Å². The van der Waals surface area contributed by atoms with E-state index in [0.717, 1.165) is 5.56 Å². The Morgan fingerprint density at radius 2 is 2.17 bits per heavy atom. The summed E-state index contributed by atoms with van der Waals surface area (Å²) in [4.78, 5) is 28.2. The first-order valence-corrected chi connectivity index (χ1v) is 7.09. The van der Waals surface area contributed by atoms with Crippen LogP contribution in [-0.4, -0.2) is 27.3 Å². The van der Waals surface area contributed by atoms with Crippen molar-refractivity contribution < 1.29 is 18.5 Å². The van der Waals surface area contributed by atoms with E-state index in [1.807, 2.05) is 6.92 Å². The standard InChI is InChI=1S/C15H15N3O5/c1-4-21-15(20)11-5-10(23-17-11)6-18-7-16-13-12(14(18)19)8(2)9(3)22-13/h5,7H,4,6H2,1-3H3. The van der Waals surface area contributed by atoms with E-state index in [4.69, 9.17) is 13.7 Å². The first kappa shape index (κ1) is 15.0. The monoisotopic (exact) mass is 317 g/mol. The molecule has 0 saturated heterocycles. The minimum Gasteiger partial charge on any atom is -0.461 e. The summed E-state index contributed by atoms with van der Waals surface area (Å²) < 4.78 is 16.7. The van der Waals surface area contributed by atoms with Gasteiger partial charge >= 0.3 is 5.97 Å². The van der Waals surface area contributed by atoms with Gasteiger partial charge in [0.05, 0.1) is 13.2 Å². The van der Waals surface area contributed by atoms with Gasteiger partial charge in [0.1, 0.15) is 17.5 Å². The number of carbonyl (C=O) groups is 1. The summed E-state index contributed by atoms with van der Waals surface area (Å²) in [6.07, 6.45) is 1.37. The molecule has 0 aliphatic heterocycles. The second-order valence-corrected chi connectivity index (χ2v) is 5.04. The van der Waals surface area contributed by atoms with Gasteiger partial charge in [0.15, 0.2) is 11.5 Å². The van der Waals surface area contributed by atoms with Gasteiger partial charge in [0, 0.05) is 11.6 Å². The lowest BCUT2D eigenvalue weighted by Crippen LogP contribution is -2.20. The van der Waals surface area contributed by atoms with E-state index in [1.165, 1.54) is 17.0 Å². The van der Waals surface area contributed by atoms with Crippen LogP contribution in [0.5, 0.6) is 0 Å². The fourth-order valence-electron chi connectivity index (χ4n) is 2.24. The Labute approximate surface area is 130 Å². The van der Waals surface area contributed by atoms with Crippen molar-refractivity contribution >= 4 is 17.1 Å². The Morgan fingerprint density at radius 1 is 1.39 bits per heavy atom. The van der Waals surface area contributed by atoms with E-state index >= 15 is 0 Å².